The van der Waals surface area contributed by atoms with Crippen molar-refractivity contribution in [3.05, 3.63) is 93.8 Å². The Bertz CT molecular complexity index is 1390. The van der Waals surface area contributed by atoms with E-state index in [0.717, 1.165) is 18.2 Å². The molecule has 3 aromatic carbocycles. The maximum absolute atomic E-state index is 13.4. The fraction of sp³-hybridized carbons (Fsp3) is 0.130. The van der Waals surface area contributed by atoms with Gasteiger partial charge in [0.05, 0.1) is 21.1 Å². The maximum Gasteiger partial charge on any atom is 0.341 e. The summed E-state index contributed by atoms with van der Waals surface area (Å²) in [5.41, 5.74) is 0.0350. The number of carbonyl (C=O) groups is 2. The highest BCUT2D eigenvalue weighted by atomic mass is 32.2. The molecule has 3 rings (SSSR count). The lowest BCUT2D eigenvalue weighted by Crippen LogP contribution is -2.30. The van der Waals surface area contributed by atoms with E-state index in [1.165, 1.54) is 62.4 Å². The first-order valence-corrected chi connectivity index (χ1v) is 11.6. The number of halogens is 1. The van der Waals surface area contributed by atoms with E-state index in [0.29, 0.717) is 0 Å². The average molecular weight is 501 g/mol. The molecule has 0 aromatic heterocycles. The van der Waals surface area contributed by atoms with Crippen molar-refractivity contribution in [2.45, 2.75) is 24.8 Å². The number of sulfonamides is 1. The van der Waals surface area contributed by atoms with Crippen molar-refractivity contribution < 1.29 is 32.1 Å². The fourth-order valence-corrected chi connectivity index (χ4v) is 4.36. The van der Waals surface area contributed by atoms with Gasteiger partial charge in [0, 0.05) is 17.8 Å². The molecule has 35 heavy (non-hydrogen) atoms. The van der Waals surface area contributed by atoms with E-state index in [1.54, 1.807) is 0 Å². The minimum absolute atomic E-state index is 0.0933. The smallest absolute Gasteiger partial charge is 0.341 e. The van der Waals surface area contributed by atoms with Gasteiger partial charge in [0.2, 0.25) is 0 Å². The molecule has 182 valence electrons. The third-order valence-electron chi connectivity index (χ3n) is 4.82. The average Bonchev–Trinajstić information content (AvgIpc) is 2.79. The van der Waals surface area contributed by atoms with Crippen LogP contribution < -0.4 is 10.0 Å². The van der Waals surface area contributed by atoms with Gasteiger partial charge in [0.1, 0.15) is 5.82 Å². The minimum Gasteiger partial charge on any atom is -0.449 e. The standard InChI is InChI=1S/C23H20FN3O7S/c1-14-13-16(24)7-12-21(14)35(32,33)26-20-6-4-3-5-19(20)23(29)34-15(2)22(28)25-17-8-10-18(11-9-17)27(30)31/h3-13,15,26H,1-2H3,(H,25,28)/t15-/m0/s1. The predicted octanol–water partition coefficient (Wildman–Crippen LogP) is 4.03. The van der Waals surface area contributed by atoms with Crippen LogP contribution in [0, 0.1) is 22.9 Å². The van der Waals surface area contributed by atoms with Gasteiger partial charge in [-0.2, -0.15) is 0 Å². The van der Waals surface area contributed by atoms with Crippen LogP contribution in [0.3, 0.4) is 0 Å². The SMILES string of the molecule is Cc1cc(F)ccc1S(=O)(=O)Nc1ccccc1C(=O)O[C@@H](C)C(=O)Nc1ccc([N+](=O)[O-])cc1. The van der Waals surface area contributed by atoms with Gasteiger partial charge in [0.25, 0.3) is 21.6 Å². The second-order valence-electron chi connectivity index (χ2n) is 7.40. The van der Waals surface area contributed by atoms with E-state index in [-0.39, 0.29) is 33.1 Å². The second kappa shape index (κ2) is 10.3. The van der Waals surface area contributed by atoms with Crippen molar-refractivity contribution in [1.29, 1.82) is 0 Å². The largest absolute Gasteiger partial charge is 0.449 e. The van der Waals surface area contributed by atoms with Gasteiger partial charge in [-0.3, -0.25) is 19.6 Å². The molecule has 3 aromatic rings. The van der Waals surface area contributed by atoms with Gasteiger partial charge in [-0.05, 0) is 61.9 Å². The molecule has 1 atom stereocenters. The molecule has 0 heterocycles. The van der Waals surface area contributed by atoms with Crippen molar-refractivity contribution in [2.24, 2.45) is 0 Å². The summed E-state index contributed by atoms with van der Waals surface area (Å²) >= 11 is 0. The van der Waals surface area contributed by atoms with E-state index in [1.807, 2.05) is 0 Å². The molecule has 0 fully saturated rings. The molecule has 1 amide bonds. The molecule has 0 aliphatic carbocycles. The number of nitro groups is 1. The van der Waals surface area contributed by atoms with Gasteiger partial charge in [0.15, 0.2) is 6.10 Å². The molecular formula is C23H20FN3O7S. The van der Waals surface area contributed by atoms with Gasteiger partial charge in [-0.25, -0.2) is 17.6 Å². The number of amides is 1. The van der Waals surface area contributed by atoms with Gasteiger partial charge >= 0.3 is 5.97 Å². The second-order valence-corrected chi connectivity index (χ2v) is 9.05. The van der Waals surface area contributed by atoms with Crippen molar-refractivity contribution in [2.75, 3.05) is 10.0 Å². The molecule has 0 unspecified atom stereocenters. The summed E-state index contributed by atoms with van der Waals surface area (Å²) in [4.78, 5) is 35.1. The predicted molar refractivity (Wildman–Crippen MR) is 125 cm³/mol. The van der Waals surface area contributed by atoms with Crippen LogP contribution in [0.5, 0.6) is 0 Å². The Kier molecular flexibility index (Phi) is 7.45. The molecule has 0 bridgehead atoms. The summed E-state index contributed by atoms with van der Waals surface area (Å²) in [6.45, 7) is 2.75. The van der Waals surface area contributed by atoms with Gasteiger partial charge in [-0.1, -0.05) is 12.1 Å². The van der Waals surface area contributed by atoms with Gasteiger partial charge in [-0.15, -0.1) is 0 Å². The summed E-state index contributed by atoms with van der Waals surface area (Å²) in [6, 6.07) is 13.9. The van der Waals surface area contributed by atoms with E-state index in [4.69, 9.17) is 4.74 Å². The third kappa shape index (κ3) is 6.18. The lowest BCUT2D eigenvalue weighted by Gasteiger charge is -2.16. The normalized spacial score (nSPS) is 11.9. The molecule has 0 aliphatic rings. The molecule has 0 saturated carbocycles. The Hall–Kier alpha value is -4.32. The van der Waals surface area contributed by atoms with Crippen LogP contribution in [-0.4, -0.2) is 31.3 Å². The summed E-state index contributed by atoms with van der Waals surface area (Å²) < 4.78 is 46.5. The van der Waals surface area contributed by atoms with Crippen molar-refractivity contribution >= 4 is 39.0 Å². The zero-order chi connectivity index (χ0) is 25.8. The number of aryl methyl sites for hydroxylation is 1. The Morgan fingerprint density at radius 2 is 1.71 bits per heavy atom. The van der Waals surface area contributed by atoms with Crippen molar-refractivity contribution in [3.63, 3.8) is 0 Å². The third-order valence-corrected chi connectivity index (χ3v) is 6.34. The topological polar surface area (TPSA) is 145 Å². The number of non-ortho nitro benzene ring substituents is 1. The van der Waals surface area contributed by atoms with Crippen molar-refractivity contribution in [3.8, 4) is 0 Å². The van der Waals surface area contributed by atoms with Crippen LogP contribution in [0.1, 0.15) is 22.8 Å². The van der Waals surface area contributed by atoms with Gasteiger partial charge < -0.3 is 10.1 Å². The highest BCUT2D eigenvalue weighted by Gasteiger charge is 2.24. The highest BCUT2D eigenvalue weighted by molar-refractivity contribution is 7.92. The first-order valence-electron chi connectivity index (χ1n) is 10.1. The number of ether oxygens (including phenoxy) is 1. The Balaban J connectivity index is 1.73. The maximum atomic E-state index is 13.4. The quantitative estimate of drug-likeness (QED) is 0.269. The summed E-state index contributed by atoms with van der Waals surface area (Å²) in [5, 5.41) is 13.2. The molecule has 0 aliphatic heterocycles. The first kappa shape index (κ1) is 25.3. The summed E-state index contributed by atoms with van der Waals surface area (Å²) in [7, 11) is -4.16. The molecule has 2 N–H and O–H groups in total. The Morgan fingerprint density at radius 1 is 1.06 bits per heavy atom. The molecule has 0 saturated heterocycles. The molecular weight excluding hydrogens is 481 g/mol. The van der Waals surface area contributed by atoms with Crippen LogP contribution >= 0.6 is 0 Å². The van der Waals surface area contributed by atoms with Crippen LogP contribution in [0.4, 0.5) is 21.5 Å². The number of nitrogens with one attached hydrogen (secondary N) is 2. The van der Waals surface area contributed by atoms with E-state index in [2.05, 4.69) is 10.0 Å². The van der Waals surface area contributed by atoms with Crippen LogP contribution in [0.15, 0.2) is 71.6 Å². The van der Waals surface area contributed by atoms with Crippen LogP contribution in [0.25, 0.3) is 0 Å². The monoisotopic (exact) mass is 501 g/mol. The zero-order valence-electron chi connectivity index (χ0n) is 18.5. The fourth-order valence-electron chi connectivity index (χ4n) is 3.05. The number of esters is 1. The van der Waals surface area contributed by atoms with Crippen molar-refractivity contribution in [1.82, 2.24) is 0 Å². The van der Waals surface area contributed by atoms with E-state index < -0.39 is 38.7 Å². The van der Waals surface area contributed by atoms with Crippen LogP contribution in [0.2, 0.25) is 0 Å². The molecule has 10 nitrogen and oxygen atoms in total. The van der Waals surface area contributed by atoms with E-state index in [9.17, 15) is 32.5 Å². The lowest BCUT2D eigenvalue weighted by atomic mass is 10.2. The highest BCUT2D eigenvalue weighted by Crippen LogP contribution is 2.24. The Labute approximate surface area is 199 Å². The lowest BCUT2D eigenvalue weighted by molar-refractivity contribution is -0.384. The number of benzene rings is 3. The number of anilines is 2. The zero-order valence-corrected chi connectivity index (χ0v) is 19.3. The minimum atomic E-state index is -4.16. The number of carbonyl (C=O) groups excluding carboxylic acids is 2. The molecule has 0 radical (unpaired) electrons. The summed E-state index contributed by atoms with van der Waals surface area (Å²) in [6.07, 6.45) is -1.28. The number of hydrogen-bond donors (Lipinski definition) is 2. The number of hydrogen-bond acceptors (Lipinski definition) is 7. The number of rotatable bonds is 8. The number of nitro benzene ring substituents is 1. The number of para-hydroxylation sites is 1. The van der Waals surface area contributed by atoms with E-state index >= 15 is 0 Å². The summed E-state index contributed by atoms with van der Waals surface area (Å²) in [5.74, 6) is -2.26. The first-order chi connectivity index (χ1) is 16.5. The Morgan fingerprint density at radius 3 is 2.34 bits per heavy atom. The van der Waals surface area contributed by atoms with Crippen LogP contribution in [-0.2, 0) is 19.6 Å². The number of nitrogens with zero attached hydrogens (tertiary/aromatic N) is 1. The molecule has 0 spiro atoms. The molecule has 12 heteroatoms.